The van der Waals surface area contributed by atoms with Crippen LogP contribution in [0.4, 0.5) is 14.5 Å². The van der Waals surface area contributed by atoms with Gasteiger partial charge in [-0.1, -0.05) is 24.3 Å². The van der Waals surface area contributed by atoms with Gasteiger partial charge in [0.1, 0.15) is 12.4 Å². The molecule has 2 rings (SSSR count). The number of ether oxygens (including phenoxy) is 2. The first-order valence-corrected chi connectivity index (χ1v) is 6.38. The van der Waals surface area contributed by atoms with Crippen LogP contribution in [0.25, 0.3) is 0 Å². The first-order valence-electron chi connectivity index (χ1n) is 6.38. The highest BCUT2D eigenvalue weighted by Gasteiger charge is 2.16. The molecule has 0 aromatic heterocycles. The smallest absolute Gasteiger partial charge is 0.387 e. The third-order valence-electron chi connectivity index (χ3n) is 2.88. The van der Waals surface area contributed by atoms with Gasteiger partial charge >= 0.3 is 12.3 Å². The Morgan fingerprint density at radius 3 is 2.59 bits per heavy atom. The van der Waals surface area contributed by atoms with Gasteiger partial charge in [-0.3, -0.25) is 10.1 Å². The first-order chi connectivity index (χ1) is 10.5. The number of hydrogen-bond donors (Lipinski definition) is 0. The Morgan fingerprint density at radius 1 is 1.18 bits per heavy atom. The number of benzene rings is 2. The van der Waals surface area contributed by atoms with Crippen molar-refractivity contribution in [2.45, 2.75) is 20.1 Å². The minimum atomic E-state index is -2.95. The fourth-order valence-electron chi connectivity index (χ4n) is 1.88. The molecule has 0 spiro atoms. The highest BCUT2D eigenvalue weighted by atomic mass is 19.3. The van der Waals surface area contributed by atoms with Crippen LogP contribution in [0.3, 0.4) is 0 Å². The summed E-state index contributed by atoms with van der Waals surface area (Å²) in [6, 6.07) is 10.7. The molecular formula is C15H13F2NO4. The van der Waals surface area contributed by atoms with E-state index in [2.05, 4.69) is 4.74 Å². The molecule has 0 N–H and O–H groups in total. The molecule has 0 radical (unpaired) electrons. The van der Waals surface area contributed by atoms with Crippen molar-refractivity contribution >= 4 is 5.69 Å². The van der Waals surface area contributed by atoms with E-state index >= 15 is 0 Å². The summed E-state index contributed by atoms with van der Waals surface area (Å²) >= 11 is 0. The van der Waals surface area contributed by atoms with E-state index in [9.17, 15) is 18.9 Å². The van der Waals surface area contributed by atoms with Crippen molar-refractivity contribution in [1.82, 2.24) is 0 Å². The van der Waals surface area contributed by atoms with Crippen molar-refractivity contribution in [3.8, 4) is 11.5 Å². The summed E-state index contributed by atoms with van der Waals surface area (Å²) in [7, 11) is 0. The third kappa shape index (κ3) is 3.91. The molecule has 0 unspecified atom stereocenters. The molecule has 5 nitrogen and oxygen atoms in total. The standard InChI is InChI=1S/C15H13F2NO4/c1-10-6-7-14(12(8-10)18(19)20)21-9-11-4-2-3-5-13(11)22-15(16)17/h2-8,15H,9H2,1H3. The van der Waals surface area contributed by atoms with Crippen LogP contribution < -0.4 is 9.47 Å². The maximum Gasteiger partial charge on any atom is 0.387 e. The van der Waals surface area contributed by atoms with Crippen LogP contribution in [-0.2, 0) is 6.61 Å². The lowest BCUT2D eigenvalue weighted by Crippen LogP contribution is -2.06. The van der Waals surface area contributed by atoms with E-state index in [1.54, 1.807) is 31.2 Å². The number of halogens is 2. The number of para-hydroxylation sites is 1. The Kier molecular flexibility index (Phi) is 4.88. The fourth-order valence-corrected chi connectivity index (χ4v) is 1.88. The number of rotatable bonds is 6. The molecule has 0 amide bonds. The lowest BCUT2D eigenvalue weighted by Gasteiger charge is -2.12. The van der Waals surface area contributed by atoms with E-state index in [1.807, 2.05) is 0 Å². The number of aryl methyl sites for hydroxylation is 1. The van der Waals surface area contributed by atoms with Crippen molar-refractivity contribution in [2.24, 2.45) is 0 Å². The molecule has 2 aromatic carbocycles. The van der Waals surface area contributed by atoms with E-state index < -0.39 is 11.5 Å². The number of nitrogens with zero attached hydrogens (tertiary/aromatic N) is 1. The Labute approximate surface area is 125 Å². The van der Waals surface area contributed by atoms with Crippen molar-refractivity contribution < 1.29 is 23.2 Å². The Balaban J connectivity index is 2.19. The number of hydrogen-bond acceptors (Lipinski definition) is 4. The van der Waals surface area contributed by atoms with Crippen molar-refractivity contribution in [2.75, 3.05) is 0 Å². The second-order valence-electron chi connectivity index (χ2n) is 4.50. The normalized spacial score (nSPS) is 10.5. The first kappa shape index (κ1) is 15.7. The van der Waals surface area contributed by atoms with Crippen LogP contribution in [0.5, 0.6) is 11.5 Å². The summed E-state index contributed by atoms with van der Waals surface area (Å²) in [5.41, 5.74) is 0.922. The van der Waals surface area contributed by atoms with Crippen molar-refractivity contribution in [1.29, 1.82) is 0 Å². The highest BCUT2D eigenvalue weighted by Crippen LogP contribution is 2.29. The molecule has 0 bridgehead atoms. The molecule has 0 aliphatic heterocycles. The molecule has 0 saturated carbocycles. The zero-order valence-electron chi connectivity index (χ0n) is 11.7. The fraction of sp³-hybridized carbons (Fsp3) is 0.200. The lowest BCUT2D eigenvalue weighted by molar-refractivity contribution is -0.386. The minimum absolute atomic E-state index is 0.0211. The monoisotopic (exact) mass is 309 g/mol. The molecule has 0 heterocycles. The van der Waals surface area contributed by atoms with Gasteiger partial charge in [0.15, 0.2) is 5.75 Å². The van der Waals surface area contributed by atoms with Crippen molar-refractivity contribution in [3.05, 3.63) is 63.7 Å². The summed E-state index contributed by atoms with van der Waals surface area (Å²) < 4.78 is 34.4. The van der Waals surface area contributed by atoms with E-state index in [1.165, 1.54) is 18.2 Å². The summed E-state index contributed by atoms with van der Waals surface area (Å²) in [4.78, 5) is 10.4. The summed E-state index contributed by atoms with van der Waals surface area (Å²) in [5.74, 6) is 0.0507. The van der Waals surface area contributed by atoms with Gasteiger partial charge in [0.2, 0.25) is 0 Å². The van der Waals surface area contributed by atoms with E-state index in [-0.39, 0.29) is 23.8 Å². The zero-order chi connectivity index (χ0) is 16.1. The predicted molar refractivity (Wildman–Crippen MR) is 75.2 cm³/mol. The number of nitro benzene ring substituents is 1. The van der Waals surface area contributed by atoms with Gasteiger partial charge in [-0.25, -0.2) is 0 Å². The molecule has 0 aliphatic rings. The Bertz CT molecular complexity index is 676. The quantitative estimate of drug-likeness (QED) is 0.596. The van der Waals surface area contributed by atoms with E-state index in [4.69, 9.17) is 4.74 Å². The minimum Gasteiger partial charge on any atom is -0.482 e. The van der Waals surface area contributed by atoms with Crippen LogP contribution in [0.1, 0.15) is 11.1 Å². The Hall–Kier alpha value is -2.70. The number of alkyl halides is 2. The zero-order valence-corrected chi connectivity index (χ0v) is 11.7. The molecule has 0 atom stereocenters. The second kappa shape index (κ2) is 6.84. The van der Waals surface area contributed by atoms with Gasteiger partial charge < -0.3 is 9.47 Å². The highest BCUT2D eigenvalue weighted by molar-refractivity contribution is 5.48. The molecule has 7 heteroatoms. The van der Waals surface area contributed by atoms with Crippen LogP contribution >= 0.6 is 0 Å². The van der Waals surface area contributed by atoms with Crippen LogP contribution in [-0.4, -0.2) is 11.5 Å². The second-order valence-corrected chi connectivity index (χ2v) is 4.50. The predicted octanol–water partition coefficient (Wildman–Crippen LogP) is 4.08. The SMILES string of the molecule is Cc1ccc(OCc2ccccc2OC(F)F)c([N+](=O)[O-])c1. The van der Waals surface area contributed by atoms with Gasteiger partial charge in [0.05, 0.1) is 4.92 Å². The Morgan fingerprint density at radius 2 is 1.91 bits per heavy atom. The van der Waals surface area contributed by atoms with E-state index in [0.29, 0.717) is 5.56 Å². The molecule has 2 aromatic rings. The maximum absolute atomic E-state index is 12.3. The van der Waals surface area contributed by atoms with Crippen LogP contribution in [0.2, 0.25) is 0 Å². The number of nitro groups is 1. The molecule has 0 aliphatic carbocycles. The molecule has 0 fully saturated rings. The molecule has 0 saturated heterocycles. The summed E-state index contributed by atoms with van der Waals surface area (Å²) in [6.45, 7) is -1.34. The molecular weight excluding hydrogens is 296 g/mol. The van der Waals surface area contributed by atoms with Crippen molar-refractivity contribution in [3.63, 3.8) is 0 Å². The van der Waals surface area contributed by atoms with Gasteiger partial charge in [-0.15, -0.1) is 0 Å². The van der Waals surface area contributed by atoms with E-state index in [0.717, 1.165) is 5.56 Å². The van der Waals surface area contributed by atoms with Gasteiger partial charge in [-0.05, 0) is 24.6 Å². The third-order valence-corrected chi connectivity index (χ3v) is 2.88. The average molecular weight is 309 g/mol. The molecule has 116 valence electrons. The maximum atomic E-state index is 12.3. The lowest BCUT2D eigenvalue weighted by atomic mass is 10.2. The van der Waals surface area contributed by atoms with Crippen LogP contribution in [0.15, 0.2) is 42.5 Å². The summed E-state index contributed by atoms with van der Waals surface area (Å²) in [6.07, 6.45) is 0. The molecule has 22 heavy (non-hydrogen) atoms. The van der Waals surface area contributed by atoms with Gasteiger partial charge in [0.25, 0.3) is 0 Å². The average Bonchev–Trinajstić information content (AvgIpc) is 2.46. The largest absolute Gasteiger partial charge is 0.482 e. The van der Waals surface area contributed by atoms with Gasteiger partial charge in [-0.2, -0.15) is 8.78 Å². The summed E-state index contributed by atoms with van der Waals surface area (Å²) in [5, 5.41) is 11.0. The van der Waals surface area contributed by atoms with Gasteiger partial charge in [0, 0.05) is 11.6 Å². The van der Waals surface area contributed by atoms with Crippen LogP contribution in [0, 0.1) is 17.0 Å². The topological polar surface area (TPSA) is 61.6 Å².